The first kappa shape index (κ1) is 12.2. The van der Waals surface area contributed by atoms with Gasteiger partial charge in [0.2, 0.25) is 0 Å². The van der Waals surface area contributed by atoms with E-state index < -0.39 is 0 Å². The number of nitrogens with one attached hydrogen (secondary N) is 1. The van der Waals surface area contributed by atoms with Crippen molar-refractivity contribution >= 4 is 0 Å². The lowest BCUT2D eigenvalue weighted by atomic mass is 9.95. The fraction of sp³-hybridized carbons (Fsp3) is 0.625. The Morgan fingerprint density at radius 2 is 2.00 bits per heavy atom. The van der Waals surface area contributed by atoms with Gasteiger partial charge in [0.15, 0.2) is 0 Å². The standard InChI is InChI=1S/C16H23NO/c18-16(13-4-2-1-3-5-13)8-9-17-15-11-12-6-7-14(15)10-12/h1-5,12,14-18H,6-11H2/t12?,14?,15?,16-/m1/s1. The summed E-state index contributed by atoms with van der Waals surface area (Å²) < 4.78 is 0. The average molecular weight is 245 g/mol. The zero-order valence-corrected chi connectivity index (χ0v) is 10.9. The predicted octanol–water partition coefficient (Wildman–Crippen LogP) is 2.89. The van der Waals surface area contributed by atoms with E-state index in [9.17, 15) is 5.11 Å². The van der Waals surface area contributed by atoms with Gasteiger partial charge in [-0.15, -0.1) is 0 Å². The SMILES string of the molecule is O[C@H](CCNC1CC2CCC1C2)c1ccccc1. The van der Waals surface area contributed by atoms with Crippen molar-refractivity contribution in [3.63, 3.8) is 0 Å². The largest absolute Gasteiger partial charge is 0.388 e. The Balaban J connectivity index is 1.42. The van der Waals surface area contributed by atoms with Crippen molar-refractivity contribution in [1.82, 2.24) is 5.32 Å². The fourth-order valence-corrected chi connectivity index (χ4v) is 3.74. The molecule has 1 aromatic carbocycles. The fourth-order valence-electron chi connectivity index (χ4n) is 3.74. The summed E-state index contributed by atoms with van der Waals surface area (Å²) >= 11 is 0. The minimum absolute atomic E-state index is 0.322. The summed E-state index contributed by atoms with van der Waals surface area (Å²) in [5.41, 5.74) is 1.03. The van der Waals surface area contributed by atoms with Crippen molar-refractivity contribution < 1.29 is 5.11 Å². The second-order valence-electron chi connectivity index (χ2n) is 5.95. The maximum absolute atomic E-state index is 10.1. The molecule has 3 rings (SSSR count). The smallest absolute Gasteiger partial charge is 0.0802 e. The summed E-state index contributed by atoms with van der Waals surface area (Å²) in [5, 5.41) is 13.7. The van der Waals surface area contributed by atoms with Gasteiger partial charge in [-0.05, 0) is 49.6 Å². The van der Waals surface area contributed by atoms with Gasteiger partial charge in [-0.25, -0.2) is 0 Å². The second kappa shape index (κ2) is 5.41. The van der Waals surface area contributed by atoms with Crippen LogP contribution < -0.4 is 5.32 Å². The van der Waals surface area contributed by atoms with Crippen LogP contribution in [0, 0.1) is 11.8 Å². The van der Waals surface area contributed by atoms with Gasteiger partial charge >= 0.3 is 0 Å². The third kappa shape index (κ3) is 2.60. The molecule has 2 N–H and O–H groups in total. The van der Waals surface area contributed by atoms with Crippen molar-refractivity contribution in [2.24, 2.45) is 11.8 Å². The predicted molar refractivity (Wildman–Crippen MR) is 73.3 cm³/mol. The summed E-state index contributed by atoms with van der Waals surface area (Å²) in [4.78, 5) is 0. The van der Waals surface area contributed by atoms with Gasteiger partial charge in [0.1, 0.15) is 0 Å². The molecule has 2 aliphatic carbocycles. The van der Waals surface area contributed by atoms with Crippen molar-refractivity contribution in [1.29, 1.82) is 0 Å². The van der Waals surface area contributed by atoms with Crippen LogP contribution in [0.5, 0.6) is 0 Å². The molecule has 2 saturated carbocycles. The highest BCUT2D eigenvalue weighted by atomic mass is 16.3. The Kier molecular flexibility index (Phi) is 3.67. The third-order valence-corrected chi connectivity index (χ3v) is 4.75. The molecule has 2 fully saturated rings. The number of rotatable bonds is 5. The molecule has 0 radical (unpaired) electrons. The molecule has 4 atom stereocenters. The molecule has 0 heterocycles. The van der Waals surface area contributed by atoms with Gasteiger partial charge in [0.25, 0.3) is 0 Å². The molecule has 3 unspecified atom stereocenters. The van der Waals surface area contributed by atoms with Crippen molar-refractivity contribution in [3.05, 3.63) is 35.9 Å². The van der Waals surface area contributed by atoms with Crippen LogP contribution in [0.1, 0.15) is 43.8 Å². The Hall–Kier alpha value is -0.860. The van der Waals surface area contributed by atoms with Crippen LogP contribution in [0.3, 0.4) is 0 Å². The monoisotopic (exact) mass is 245 g/mol. The van der Waals surface area contributed by atoms with E-state index >= 15 is 0 Å². The maximum Gasteiger partial charge on any atom is 0.0802 e. The molecular formula is C16H23NO. The molecule has 98 valence electrons. The molecule has 18 heavy (non-hydrogen) atoms. The zero-order valence-electron chi connectivity index (χ0n) is 10.9. The molecule has 0 saturated heterocycles. The van der Waals surface area contributed by atoms with Crippen LogP contribution in [-0.4, -0.2) is 17.7 Å². The van der Waals surface area contributed by atoms with Gasteiger partial charge < -0.3 is 10.4 Å². The number of aliphatic hydroxyl groups excluding tert-OH is 1. The highest BCUT2D eigenvalue weighted by Gasteiger charge is 2.38. The number of fused-ring (bicyclic) bond motifs is 2. The number of hydrogen-bond acceptors (Lipinski definition) is 2. The van der Waals surface area contributed by atoms with E-state index in [1.165, 1.54) is 25.7 Å². The first-order valence-electron chi connectivity index (χ1n) is 7.29. The highest BCUT2D eigenvalue weighted by molar-refractivity contribution is 5.17. The van der Waals surface area contributed by atoms with E-state index in [4.69, 9.17) is 0 Å². The average Bonchev–Trinajstić information content (AvgIpc) is 3.02. The summed E-state index contributed by atoms with van der Waals surface area (Å²) in [6.07, 6.45) is 6.18. The van der Waals surface area contributed by atoms with Crippen LogP contribution >= 0.6 is 0 Å². The van der Waals surface area contributed by atoms with E-state index in [-0.39, 0.29) is 6.10 Å². The van der Waals surface area contributed by atoms with Crippen LogP contribution in [0.4, 0.5) is 0 Å². The third-order valence-electron chi connectivity index (χ3n) is 4.75. The van der Waals surface area contributed by atoms with E-state index in [0.29, 0.717) is 0 Å². The van der Waals surface area contributed by atoms with Gasteiger partial charge in [-0.1, -0.05) is 36.8 Å². The quantitative estimate of drug-likeness (QED) is 0.836. The molecule has 1 aromatic rings. The zero-order chi connectivity index (χ0) is 12.4. The molecule has 0 aromatic heterocycles. The minimum Gasteiger partial charge on any atom is -0.388 e. The molecular weight excluding hydrogens is 222 g/mol. The molecule has 2 bridgehead atoms. The number of hydrogen-bond donors (Lipinski definition) is 2. The molecule has 2 heteroatoms. The van der Waals surface area contributed by atoms with Crippen molar-refractivity contribution in [3.8, 4) is 0 Å². The Bertz CT molecular complexity index is 378. The van der Waals surface area contributed by atoms with E-state index in [0.717, 1.165) is 36.4 Å². The Labute approximate surface area is 109 Å². The van der Waals surface area contributed by atoms with Crippen LogP contribution in [-0.2, 0) is 0 Å². The first-order valence-corrected chi connectivity index (χ1v) is 7.29. The maximum atomic E-state index is 10.1. The lowest BCUT2D eigenvalue weighted by Crippen LogP contribution is -2.35. The van der Waals surface area contributed by atoms with Gasteiger partial charge in [0.05, 0.1) is 6.10 Å². The first-order chi connectivity index (χ1) is 8.83. The molecule has 2 aliphatic rings. The van der Waals surface area contributed by atoms with E-state index in [1.54, 1.807) is 0 Å². The van der Waals surface area contributed by atoms with Crippen molar-refractivity contribution in [2.75, 3.05) is 6.54 Å². The van der Waals surface area contributed by atoms with Gasteiger partial charge in [-0.2, -0.15) is 0 Å². The lowest BCUT2D eigenvalue weighted by molar-refractivity contribution is 0.163. The number of benzene rings is 1. The lowest BCUT2D eigenvalue weighted by Gasteiger charge is -2.23. The molecule has 0 aliphatic heterocycles. The summed E-state index contributed by atoms with van der Waals surface area (Å²) in [5.74, 6) is 1.91. The molecule has 0 spiro atoms. The second-order valence-corrected chi connectivity index (χ2v) is 5.95. The van der Waals surface area contributed by atoms with E-state index in [1.807, 2.05) is 30.3 Å². The minimum atomic E-state index is -0.322. The Morgan fingerprint density at radius 3 is 2.67 bits per heavy atom. The van der Waals surface area contributed by atoms with E-state index in [2.05, 4.69) is 5.32 Å². The van der Waals surface area contributed by atoms with Gasteiger partial charge in [0, 0.05) is 6.04 Å². The molecule has 2 nitrogen and oxygen atoms in total. The van der Waals surface area contributed by atoms with Crippen LogP contribution in [0.2, 0.25) is 0 Å². The van der Waals surface area contributed by atoms with Gasteiger partial charge in [-0.3, -0.25) is 0 Å². The normalized spacial score (nSPS) is 31.7. The highest BCUT2D eigenvalue weighted by Crippen LogP contribution is 2.44. The van der Waals surface area contributed by atoms with Crippen LogP contribution in [0.15, 0.2) is 30.3 Å². The summed E-state index contributed by atoms with van der Waals surface area (Å²) in [6.45, 7) is 0.934. The Morgan fingerprint density at radius 1 is 1.17 bits per heavy atom. The van der Waals surface area contributed by atoms with Crippen LogP contribution in [0.25, 0.3) is 0 Å². The topological polar surface area (TPSA) is 32.3 Å². The summed E-state index contributed by atoms with van der Waals surface area (Å²) in [7, 11) is 0. The summed E-state index contributed by atoms with van der Waals surface area (Å²) in [6, 6.07) is 10.7. The van der Waals surface area contributed by atoms with Crippen molar-refractivity contribution in [2.45, 2.75) is 44.2 Å². The number of aliphatic hydroxyl groups is 1. The molecule has 0 amide bonds.